The van der Waals surface area contributed by atoms with E-state index >= 15 is 0 Å². The molecule has 0 radical (unpaired) electrons. The van der Waals surface area contributed by atoms with Gasteiger partial charge in [-0.2, -0.15) is 0 Å². The fourth-order valence-corrected chi connectivity index (χ4v) is 4.10. The van der Waals surface area contributed by atoms with Crippen LogP contribution in [-0.4, -0.2) is 58.3 Å². The Kier molecular flexibility index (Phi) is 4.17. The Labute approximate surface area is 122 Å². The maximum atomic E-state index is 10.7. The number of fused-ring (bicyclic) bond motifs is 6. The van der Waals surface area contributed by atoms with E-state index in [2.05, 4.69) is 4.90 Å². The highest BCUT2D eigenvalue weighted by molar-refractivity contribution is 6.54. The molecule has 8 nitrogen and oxygen atoms in total. The third-order valence-electron chi connectivity index (χ3n) is 3.35. The van der Waals surface area contributed by atoms with Gasteiger partial charge in [-0.25, -0.2) is 0 Å². The average Bonchev–Trinajstić information content (AvgIpc) is 2.40. The molecule has 4 rings (SSSR count). The van der Waals surface area contributed by atoms with E-state index in [0.717, 1.165) is 19.6 Å². The van der Waals surface area contributed by atoms with E-state index in [9.17, 15) is 10.1 Å². The van der Waals surface area contributed by atoms with Gasteiger partial charge < -0.3 is 17.7 Å². The zero-order chi connectivity index (χ0) is 14.7. The molecule has 114 valence electrons. The second kappa shape index (κ2) is 6.08. The first kappa shape index (κ1) is 14.4. The van der Waals surface area contributed by atoms with Gasteiger partial charge in [-0.3, -0.25) is 15.0 Å². The van der Waals surface area contributed by atoms with Gasteiger partial charge in [0.2, 0.25) is 0 Å². The molecular formula is C12H16N2O6Si. The molecule has 1 aromatic rings. The Hall–Kier alpha value is -1.52. The molecule has 3 heterocycles. The van der Waals surface area contributed by atoms with Crippen LogP contribution in [0.15, 0.2) is 24.3 Å². The summed E-state index contributed by atoms with van der Waals surface area (Å²) >= 11 is 0. The minimum absolute atomic E-state index is 0.00949. The molecule has 0 atom stereocenters. The molecule has 21 heavy (non-hydrogen) atoms. The third kappa shape index (κ3) is 3.39. The molecule has 0 spiro atoms. The third-order valence-corrected chi connectivity index (χ3v) is 5.51. The number of hydrogen-bond donors (Lipinski definition) is 0. The molecule has 3 aliphatic heterocycles. The van der Waals surface area contributed by atoms with E-state index in [0.29, 0.717) is 25.6 Å². The van der Waals surface area contributed by atoms with Crippen molar-refractivity contribution in [3.63, 3.8) is 0 Å². The molecule has 0 aliphatic carbocycles. The molecule has 0 N–H and O–H groups in total. The fraction of sp³-hybridized carbons (Fsp3) is 0.500. The summed E-state index contributed by atoms with van der Waals surface area (Å²) in [5.41, 5.74) is 0.00949. The van der Waals surface area contributed by atoms with Crippen molar-refractivity contribution in [2.75, 3.05) is 39.5 Å². The second-order valence-corrected chi connectivity index (χ2v) is 6.81. The number of nitro benzene ring substituents is 1. The van der Waals surface area contributed by atoms with Crippen LogP contribution >= 0.6 is 0 Å². The van der Waals surface area contributed by atoms with E-state index in [1.165, 1.54) is 24.3 Å². The van der Waals surface area contributed by atoms with Crippen LogP contribution in [0.25, 0.3) is 0 Å². The predicted molar refractivity (Wildman–Crippen MR) is 73.8 cm³/mol. The van der Waals surface area contributed by atoms with E-state index < -0.39 is 14.0 Å². The maximum Gasteiger partial charge on any atom is 0.749 e. The van der Waals surface area contributed by atoms with Crippen LogP contribution in [-0.2, 0) is 13.3 Å². The molecule has 0 unspecified atom stereocenters. The average molecular weight is 312 g/mol. The van der Waals surface area contributed by atoms with Crippen LogP contribution in [0.1, 0.15) is 0 Å². The molecule has 0 saturated carbocycles. The lowest BCUT2D eigenvalue weighted by molar-refractivity contribution is -0.384. The first-order chi connectivity index (χ1) is 10.2. The Morgan fingerprint density at radius 2 is 1.57 bits per heavy atom. The number of non-ortho nitro benzene ring substituents is 1. The summed E-state index contributed by atoms with van der Waals surface area (Å²) < 4.78 is 23.0. The van der Waals surface area contributed by atoms with Crippen molar-refractivity contribution >= 4 is 14.7 Å². The van der Waals surface area contributed by atoms with Crippen LogP contribution in [0.3, 0.4) is 0 Å². The van der Waals surface area contributed by atoms with Crippen molar-refractivity contribution in [1.29, 1.82) is 0 Å². The van der Waals surface area contributed by atoms with Gasteiger partial charge in [0, 0.05) is 31.8 Å². The Morgan fingerprint density at radius 1 is 1.05 bits per heavy atom. The van der Waals surface area contributed by atoms with Crippen LogP contribution in [0, 0.1) is 10.1 Å². The van der Waals surface area contributed by atoms with Gasteiger partial charge in [0.05, 0.1) is 24.7 Å². The van der Waals surface area contributed by atoms with Crippen LogP contribution in [0.2, 0.25) is 0 Å². The Balaban J connectivity index is 1.75. The normalized spacial score (nSPS) is 29.2. The summed E-state index contributed by atoms with van der Waals surface area (Å²) in [4.78, 5) is 12.4. The summed E-state index contributed by atoms with van der Waals surface area (Å²) in [6.45, 7) is 3.93. The summed E-state index contributed by atoms with van der Waals surface area (Å²) in [6.07, 6.45) is 0. The van der Waals surface area contributed by atoms with Gasteiger partial charge >= 0.3 is 9.05 Å². The SMILES string of the molecule is O=[N+]([O-])c1ccc(O[Si]23OCCN(CCO2)CCO3)cc1. The number of nitro groups is 1. The lowest BCUT2D eigenvalue weighted by Crippen LogP contribution is -2.59. The largest absolute Gasteiger partial charge is 0.749 e. The molecule has 0 aromatic heterocycles. The number of rotatable bonds is 3. The zero-order valence-electron chi connectivity index (χ0n) is 11.4. The topological polar surface area (TPSA) is 83.3 Å². The lowest BCUT2D eigenvalue weighted by atomic mass is 10.3. The molecule has 3 fully saturated rings. The van der Waals surface area contributed by atoms with E-state index in [4.69, 9.17) is 17.7 Å². The van der Waals surface area contributed by atoms with E-state index in [1.807, 2.05) is 0 Å². The quantitative estimate of drug-likeness (QED) is 0.463. The lowest BCUT2D eigenvalue weighted by Gasteiger charge is -2.36. The number of nitrogens with zero attached hydrogens (tertiary/aromatic N) is 2. The molecule has 3 aliphatic rings. The van der Waals surface area contributed by atoms with Crippen molar-refractivity contribution in [2.24, 2.45) is 0 Å². The minimum atomic E-state index is -3.21. The van der Waals surface area contributed by atoms with Crippen molar-refractivity contribution < 1.29 is 22.6 Å². The summed E-state index contributed by atoms with van der Waals surface area (Å²) in [5.74, 6) is 0.449. The number of hydrogen-bond acceptors (Lipinski definition) is 7. The van der Waals surface area contributed by atoms with Crippen molar-refractivity contribution in [3.8, 4) is 5.75 Å². The maximum absolute atomic E-state index is 10.7. The Morgan fingerprint density at radius 3 is 2.05 bits per heavy atom. The van der Waals surface area contributed by atoms with Crippen LogP contribution in [0.5, 0.6) is 5.75 Å². The predicted octanol–water partition coefficient (Wildman–Crippen LogP) is 0.788. The highest BCUT2D eigenvalue weighted by atomic mass is 28.4. The van der Waals surface area contributed by atoms with Gasteiger partial charge in [-0.15, -0.1) is 0 Å². The monoisotopic (exact) mass is 312 g/mol. The van der Waals surface area contributed by atoms with Gasteiger partial charge in [-0.05, 0) is 12.1 Å². The van der Waals surface area contributed by atoms with Crippen molar-refractivity contribution in [2.45, 2.75) is 0 Å². The molecule has 9 heteroatoms. The number of benzene rings is 1. The first-order valence-corrected chi connectivity index (χ1v) is 8.38. The molecular weight excluding hydrogens is 296 g/mol. The molecule has 2 bridgehead atoms. The molecule has 0 amide bonds. The van der Waals surface area contributed by atoms with E-state index in [1.54, 1.807) is 0 Å². The zero-order valence-corrected chi connectivity index (χ0v) is 12.4. The summed E-state index contributed by atoms with van der Waals surface area (Å²) in [5, 5.41) is 10.7. The molecule has 1 aromatic carbocycles. The van der Waals surface area contributed by atoms with Gasteiger partial charge in [-0.1, -0.05) is 0 Å². The van der Waals surface area contributed by atoms with Crippen molar-refractivity contribution in [1.82, 2.24) is 4.90 Å². The first-order valence-electron chi connectivity index (χ1n) is 6.75. The van der Waals surface area contributed by atoms with Gasteiger partial charge in [0.25, 0.3) is 5.69 Å². The summed E-state index contributed by atoms with van der Waals surface area (Å²) in [7, 11) is -3.21. The molecule has 3 saturated heterocycles. The Bertz CT molecular complexity index is 484. The van der Waals surface area contributed by atoms with Gasteiger partial charge in [0.15, 0.2) is 0 Å². The van der Waals surface area contributed by atoms with Gasteiger partial charge in [0.1, 0.15) is 5.75 Å². The minimum Gasteiger partial charge on any atom is -0.480 e. The standard InChI is InChI=1S/C12H16N2O6Si/c15-14(16)11-1-3-12(4-2-11)20-21-17-8-5-13(6-9-18-21)7-10-19-21/h1-4H,5-10H2. The van der Waals surface area contributed by atoms with E-state index in [-0.39, 0.29) is 5.69 Å². The highest BCUT2D eigenvalue weighted by Crippen LogP contribution is 2.24. The fourth-order valence-electron chi connectivity index (χ4n) is 2.23. The van der Waals surface area contributed by atoms with Crippen molar-refractivity contribution in [3.05, 3.63) is 34.4 Å². The second-order valence-electron chi connectivity index (χ2n) is 4.74. The van der Waals surface area contributed by atoms with Crippen LogP contribution in [0.4, 0.5) is 5.69 Å². The smallest absolute Gasteiger partial charge is 0.480 e. The highest BCUT2D eigenvalue weighted by Gasteiger charge is 2.50. The summed E-state index contributed by atoms with van der Waals surface area (Å²) in [6, 6.07) is 5.82. The van der Waals surface area contributed by atoms with Crippen LogP contribution < -0.4 is 4.43 Å².